The molecule has 2 heterocycles. The molecule has 1 aliphatic rings. The summed E-state index contributed by atoms with van der Waals surface area (Å²) in [6.07, 6.45) is 0. The lowest BCUT2D eigenvalue weighted by atomic mass is 9.99. The van der Waals surface area contributed by atoms with E-state index in [9.17, 15) is 19.1 Å². The van der Waals surface area contributed by atoms with Crippen LogP contribution in [0.25, 0.3) is 5.76 Å². The second-order valence-corrected chi connectivity index (χ2v) is 7.69. The molecular formula is C24H19ClFNO6. The Labute approximate surface area is 193 Å². The highest BCUT2D eigenvalue weighted by atomic mass is 35.5. The van der Waals surface area contributed by atoms with Crippen LogP contribution in [0.2, 0.25) is 5.02 Å². The van der Waals surface area contributed by atoms with Crippen LogP contribution in [0, 0.1) is 12.7 Å². The van der Waals surface area contributed by atoms with Crippen LogP contribution >= 0.6 is 11.6 Å². The molecule has 0 spiro atoms. The van der Waals surface area contributed by atoms with E-state index in [1.54, 1.807) is 25.1 Å². The number of anilines is 1. The standard InChI is InChI=1S/C24H19ClFNO6/c1-12-4-8-18(33-12)21-20(22(28)13-5-9-17(31-2)19(10-13)32-3)23(29)24(30)27(21)14-6-7-16(26)15(25)11-14/h4-11,21,28H,1-3H3/b22-20-. The fourth-order valence-corrected chi connectivity index (χ4v) is 3.92. The normalized spacial score (nSPS) is 17.5. The van der Waals surface area contributed by atoms with Crippen molar-refractivity contribution in [3.63, 3.8) is 0 Å². The van der Waals surface area contributed by atoms with Crippen LogP contribution in [0.3, 0.4) is 0 Å². The molecule has 1 atom stereocenters. The molecule has 1 unspecified atom stereocenters. The molecular weight excluding hydrogens is 453 g/mol. The highest BCUT2D eigenvalue weighted by molar-refractivity contribution is 6.51. The number of methoxy groups -OCH3 is 2. The van der Waals surface area contributed by atoms with Gasteiger partial charge >= 0.3 is 0 Å². The maximum Gasteiger partial charge on any atom is 0.300 e. The number of hydrogen-bond acceptors (Lipinski definition) is 6. The summed E-state index contributed by atoms with van der Waals surface area (Å²) in [5.41, 5.74) is 0.215. The predicted octanol–water partition coefficient (Wildman–Crippen LogP) is 5.02. The number of carbonyl (C=O) groups is 2. The fourth-order valence-electron chi connectivity index (χ4n) is 3.74. The van der Waals surface area contributed by atoms with Gasteiger partial charge in [0.15, 0.2) is 11.5 Å². The molecule has 1 aromatic heterocycles. The van der Waals surface area contributed by atoms with Crippen molar-refractivity contribution in [2.45, 2.75) is 13.0 Å². The number of aliphatic hydroxyl groups excluding tert-OH is 1. The topological polar surface area (TPSA) is 89.2 Å². The summed E-state index contributed by atoms with van der Waals surface area (Å²) in [5, 5.41) is 10.9. The molecule has 3 aromatic rings. The van der Waals surface area contributed by atoms with E-state index < -0.39 is 29.3 Å². The summed E-state index contributed by atoms with van der Waals surface area (Å²) >= 11 is 5.92. The second-order valence-electron chi connectivity index (χ2n) is 7.29. The Kier molecular flexibility index (Phi) is 5.86. The quantitative estimate of drug-likeness (QED) is 0.319. The molecule has 1 saturated heterocycles. The molecule has 1 fully saturated rings. The number of nitrogens with zero attached hydrogens (tertiary/aromatic N) is 1. The summed E-state index contributed by atoms with van der Waals surface area (Å²) in [4.78, 5) is 27.3. The van der Waals surface area contributed by atoms with Gasteiger partial charge in [0.05, 0.1) is 24.8 Å². The molecule has 170 valence electrons. The summed E-state index contributed by atoms with van der Waals surface area (Å²) in [5.74, 6) is -1.41. The molecule has 1 N–H and O–H groups in total. The minimum atomic E-state index is -1.10. The second kappa shape index (κ2) is 8.63. The molecule has 1 amide bonds. The third-order valence-corrected chi connectivity index (χ3v) is 5.60. The summed E-state index contributed by atoms with van der Waals surface area (Å²) in [6, 6.07) is 10.4. The average molecular weight is 472 g/mol. The van der Waals surface area contributed by atoms with Crippen LogP contribution < -0.4 is 14.4 Å². The Balaban J connectivity index is 1.93. The van der Waals surface area contributed by atoms with Crippen molar-refractivity contribution in [3.8, 4) is 11.5 Å². The van der Waals surface area contributed by atoms with E-state index in [0.717, 1.165) is 11.0 Å². The van der Waals surface area contributed by atoms with E-state index in [0.29, 0.717) is 17.3 Å². The van der Waals surface area contributed by atoms with Crippen molar-refractivity contribution in [1.82, 2.24) is 0 Å². The smallest absolute Gasteiger partial charge is 0.300 e. The van der Waals surface area contributed by atoms with Crippen molar-refractivity contribution in [2.24, 2.45) is 0 Å². The first-order valence-corrected chi connectivity index (χ1v) is 10.2. The summed E-state index contributed by atoms with van der Waals surface area (Å²) in [6.45, 7) is 1.71. The van der Waals surface area contributed by atoms with Gasteiger partial charge in [0.25, 0.3) is 11.7 Å². The number of halogens is 2. The van der Waals surface area contributed by atoms with Gasteiger partial charge in [-0.3, -0.25) is 14.5 Å². The van der Waals surface area contributed by atoms with Crippen molar-refractivity contribution >= 4 is 34.7 Å². The molecule has 2 aromatic carbocycles. The summed E-state index contributed by atoms with van der Waals surface area (Å²) in [7, 11) is 2.90. The van der Waals surface area contributed by atoms with Crippen molar-refractivity contribution in [2.75, 3.05) is 19.1 Å². The van der Waals surface area contributed by atoms with Gasteiger partial charge in [0, 0.05) is 11.3 Å². The van der Waals surface area contributed by atoms with E-state index in [1.165, 1.54) is 38.5 Å². The zero-order valence-corrected chi connectivity index (χ0v) is 18.6. The number of aliphatic hydroxyl groups is 1. The van der Waals surface area contributed by atoms with Gasteiger partial charge in [-0.05, 0) is 55.5 Å². The molecule has 1 aliphatic heterocycles. The molecule has 9 heteroatoms. The monoisotopic (exact) mass is 471 g/mol. The first-order chi connectivity index (χ1) is 15.8. The maximum atomic E-state index is 13.8. The molecule has 0 saturated carbocycles. The Morgan fingerprint density at radius 3 is 2.39 bits per heavy atom. The largest absolute Gasteiger partial charge is 0.507 e. The number of ether oxygens (including phenoxy) is 2. The number of rotatable bonds is 5. The number of Topliss-reactive ketones (excluding diaryl/α,β-unsaturated/α-hetero) is 1. The van der Waals surface area contributed by atoms with Gasteiger partial charge in [0.2, 0.25) is 0 Å². The lowest BCUT2D eigenvalue weighted by Crippen LogP contribution is -2.29. The third kappa shape index (κ3) is 3.82. The maximum absolute atomic E-state index is 13.8. The van der Waals surface area contributed by atoms with E-state index >= 15 is 0 Å². The van der Waals surface area contributed by atoms with E-state index in [4.69, 9.17) is 25.5 Å². The molecule has 7 nitrogen and oxygen atoms in total. The average Bonchev–Trinajstić information content (AvgIpc) is 3.35. The minimum Gasteiger partial charge on any atom is -0.507 e. The molecule has 0 radical (unpaired) electrons. The zero-order chi connectivity index (χ0) is 23.9. The summed E-state index contributed by atoms with van der Waals surface area (Å²) < 4.78 is 30.0. The lowest BCUT2D eigenvalue weighted by molar-refractivity contribution is -0.132. The Morgan fingerprint density at radius 2 is 1.79 bits per heavy atom. The van der Waals surface area contributed by atoms with Gasteiger partial charge in [-0.1, -0.05) is 11.6 Å². The van der Waals surface area contributed by atoms with Crippen LogP contribution in [0.5, 0.6) is 11.5 Å². The van der Waals surface area contributed by atoms with Crippen LogP contribution in [0.4, 0.5) is 10.1 Å². The highest BCUT2D eigenvalue weighted by Gasteiger charge is 2.48. The Bertz CT molecular complexity index is 1300. The zero-order valence-electron chi connectivity index (χ0n) is 17.9. The number of benzene rings is 2. The lowest BCUT2D eigenvalue weighted by Gasteiger charge is -2.23. The van der Waals surface area contributed by atoms with Crippen LogP contribution in [-0.2, 0) is 9.59 Å². The molecule has 0 aliphatic carbocycles. The van der Waals surface area contributed by atoms with Crippen molar-refractivity contribution < 1.29 is 33.0 Å². The van der Waals surface area contributed by atoms with Crippen molar-refractivity contribution in [3.05, 3.63) is 82.0 Å². The number of carbonyl (C=O) groups excluding carboxylic acids is 2. The SMILES string of the molecule is COc1ccc(/C(O)=C2/C(=O)C(=O)N(c3ccc(F)c(Cl)c3)C2c2ccc(C)o2)cc1OC. The number of aryl methyl sites for hydroxylation is 1. The van der Waals surface area contributed by atoms with Crippen LogP contribution in [0.1, 0.15) is 23.1 Å². The van der Waals surface area contributed by atoms with Gasteiger partial charge in [-0.2, -0.15) is 0 Å². The van der Waals surface area contributed by atoms with Gasteiger partial charge < -0.3 is 19.0 Å². The minimum absolute atomic E-state index is 0.175. The van der Waals surface area contributed by atoms with Crippen molar-refractivity contribution in [1.29, 1.82) is 0 Å². The third-order valence-electron chi connectivity index (χ3n) is 5.31. The first kappa shape index (κ1) is 22.4. The van der Waals surface area contributed by atoms with Gasteiger partial charge in [-0.15, -0.1) is 0 Å². The van der Waals surface area contributed by atoms with Crippen LogP contribution in [-0.4, -0.2) is 31.0 Å². The van der Waals surface area contributed by atoms with E-state index in [-0.39, 0.29) is 27.6 Å². The molecule has 33 heavy (non-hydrogen) atoms. The predicted molar refractivity (Wildman–Crippen MR) is 119 cm³/mol. The van der Waals surface area contributed by atoms with Gasteiger partial charge in [0.1, 0.15) is 29.1 Å². The number of ketones is 1. The first-order valence-electron chi connectivity index (χ1n) is 9.81. The molecule has 4 rings (SSSR count). The number of amides is 1. The van der Waals surface area contributed by atoms with Gasteiger partial charge in [-0.25, -0.2) is 4.39 Å². The Hall–Kier alpha value is -3.78. The number of hydrogen-bond donors (Lipinski definition) is 1. The Morgan fingerprint density at radius 1 is 1.06 bits per heavy atom. The van der Waals surface area contributed by atoms with E-state index in [2.05, 4.69) is 0 Å². The van der Waals surface area contributed by atoms with Crippen LogP contribution in [0.15, 0.2) is 58.5 Å². The fraction of sp³-hybridized carbons (Fsp3) is 0.167. The number of furan rings is 1. The highest BCUT2D eigenvalue weighted by Crippen LogP contribution is 2.44. The molecule has 0 bridgehead atoms. The van der Waals surface area contributed by atoms with E-state index in [1.807, 2.05) is 0 Å².